The Morgan fingerprint density at radius 1 is 1.41 bits per heavy atom. The number of aliphatic carboxylic acids is 1. The van der Waals surface area contributed by atoms with E-state index in [0.29, 0.717) is 17.4 Å². The quantitative estimate of drug-likeness (QED) is 0.862. The van der Waals surface area contributed by atoms with Gasteiger partial charge in [0.15, 0.2) is 0 Å². The highest BCUT2D eigenvalue weighted by molar-refractivity contribution is 6.30. The first-order chi connectivity index (χ1) is 10.1. The molecule has 3 unspecified atom stereocenters. The predicted molar refractivity (Wildman–Crippen MR) is 88.2 cm³/mol. The van der Waals surface area contributed by atoms with Crippen LogP contribution in [0.25, 0.3) is 0 Å². The second-order valence-electron chi connectivity index (χ2n) is 7.62. The van der Waals surface area contributed by atoms with Crippen molar-refractivity contribution in [1.29, 1.82) is 0 Å². The molecule has 4 heteroatoms. The highest BCUT2D eigenvalue weighted by Gasteiger charge is 2.46. The van der Waals surface area contributed by atoms with Gasteiger partial charge >= 0.3 is 5.97 Å². The van der Waals surface area contributed by atoms with Crippen LogP contribution in [0.2, 0.25) is 5.02 Å². The summed E-state index contributed by atoms with van der Waals surface area (Å²) in [5.41, 5.74) is -0.121. The lowest BCUT2D eigenvalue weighted by Gasteiger charge is -2.46. The van der Waals surface area contributed by atoms with Gasteiger partial charge in [0.2, 0.25) is 0 Å². The van der Waals surface area contributed by atoms with Crippen LogP contribution in [0.1, 0.15) is 57.9 Å². The topological polar surface area (TPSA) is 57.5 Å². The predicted octanol–water partition coefficient (Wildman–Crippen LogP) is 4.48. The normalized spacial score (nSPS) is 29.3. The molecular formula is C18H25ClO3. The number of carbonyl (C=O) groups is 1. The van der Waals surface area contributed by atoms with Crippen molar-refractivity contribution in [2.24, 2.45) is 11.3 Å². The second kappa shape index (κ2) is 6.21. The van der Waals surface area contributed by atoms with E-state index in [9.17, 15) is 15.0 Å². The molecule has 0 heterocycles. The monoisotopic (exact) mass is 324 g/mol. The largest absolute Gasteiger partial charge is 0.481 e. The van der Waals surface area contributed by atoms with Gasteiger partial charge < -0.3 is 10.2 Å². The Labute approximate surface area is 137 Å². The van der Waals surface area contributed by atoms with E-state index in [2.05, 4.69) is 20.8 Å². The maximum atomic E-state index is 11.2. The zero-order valence-electron chi connectivity index (χ0n) is 13.5. The molecule has 1 aliphatic carbocycles. The molecule has 0 bridgehead atoms. The van der Waals surface area contributed by atoms with Gasteiger partial charge in [-0.2, -0.15) is 0 Å². The first-order valence-corrected chi connectivity index (χ1v) is 8.19. The summed E-state index contributed by atoms with van der Waals surface area (Å²) in [5, 5.41) is 20.8. The Kier molecular flexibility index (Phi) is 4.88. The third-order valence-corrected chi connectivity index (χ3v) is 5.26. The molecule has 2 N–H and O–H groups in total. The van der Waals surface area contributed by atoms with Crippen LogP contribution >= 0.6 is 11.6 Å². The average molecular weight is 325 g/mol. The van der Waals surface area contributed by atoms with E-state index in [-0.39, 0.29) is 17.8 Å². The summed E-state index contributed by atoms with van der Waals surface area (Å²) >= 11 is 6.09. The number of rotatable bonds is 3. The number of hydrogen-bond acceptors (Lipinski definition) is 2. The van der Waals surface area contributed by atoms with Crippen molar-refractivity contribution in [3.05, 3.63) is 34.9 Å². The summed E-state index contributed by atoms with van der Waals surface area (Å²) < 4.78 is 0. The molecule has 122 valence electrons. The van der Waals surface area contributed by atoms with Crippen LogP contribution in [-0.2, 0) is 4.79 Å². The molecule has 3 nitrogen and oxygen atoms in total. The maximum Gasteiger partial charge on any atom is 0.306 e. The van der Waals surface area contributed by atoms with E-state index >= 15 is 0 Å². The summed E-state index contributed by atoms with van der Waals surface area (Å²) in [6, 6.07) is 7.45. The van der Waals surface area contributed by atoms with Gasteiger partial charge in [-0.3, -0.25) is 4.79 Å². The number of carboxylic acids is 1. The third-order valence-electron chi connectivity index (χ3n) is 5.03. The fourth-order valence-electron chi connectivity index (χ4n) is 3.65. The number of aliphatic hydroxyl groups is 1. The minimum Gasteiger partial charge on any atom is -0.481 e. The summed E-state index contributed by atoms with van der Waals surface area (Å²) in [6.07, 6.45) is 1.93. The molecule has 1 aromatic carbocycles. The van der Waals surface area contributed by atoms with Gasteiger partial charge in [0.05, 0.1) is 12.0 Å². The fraction of sp³-hybridized carbons (Fsp3) is 0.611. The minimum atomic E-state index is -1.20. The van der Waals surface area contributed by atoms with Crippen molar-refractivity contribution in [3.63, 3.8) is 0 Å². The van der Waals surface area contributed by atoms with Crippen molar-refractivity contribution < 1.29 is 15.0 Å². The highest BCUT2D eigenvalue weighted by Crippen LogP contribution is 2.50. The molecule has 1 aliphatic rings. The zero-order valence-corrected chi connectivity index (χ0v) is 14.2. The molecule has 0 saturated heterocycles. The molecule has 1 fully saturated rings. The van der Waals surface area contributed by atoms with Crippen LogP contribution in [-0.4, -0.2) is 21.8 Å². The molecule has 0 spiro atoms. The molecular weight excluding hydrogens is 300 g/mol. The van der Waals surface area contributed by atoms with Crippen molar-refractivity contribution >= 4 is 17.6 Å². The van der Waals surface area contributed by atoms with E-state index in [1.165, 1.54) is 0 Å². The molecule has 1 aromatic rings. The number of halogens is 1. The summed E-state index contributed by atoms with van der Waals surface area (Å²) in [7, 11) is 0. The van der Waals surface area contributed by atoms with Crippen LogP contribution in [0.4, 0.5) is 0 Å². The van der Waals surface area contributed by atoms with Gasteiger partial charge in [0.1, 0.15) is 0 Å². The Bertz CT molecular complexity index is 550. The molecule has 3 atom stereocenters. The van der Waals surface area contributed by atoms with E-state index in [1.54, 1.807) is 6.07 Å². The Morgan fingerprint density at radius 2 is 2.09 bits per heavy atom. The lowest BCUT2D eigenvalue weighted by atomic mass is 9.61. The van der Waals surface area contributed by atoms with E-state index < -0.39 is 11.6 Å². The van der Waals surface area contributed by atoms with Gasteiger partial charge in [-0.25, -0.2) is 0 Å². The zero-order chi connectivity index (χ0) is 16.5. The molecule has 0 aromatic heterocycles. The van der Waals surface area contributed by atoms with Crippen molar-refractivity contribution in [2.75, 3.05) is 0 Å². The molecule has 0 aliphatic heterocycles. The average Bonchev–Trinajstić information content (AvgIpc) is 2.36. The van der Waals surface area contributed by atoms with Crippen LogP contribution in [0, 0.1) is 11.3 Å². The third kappa shape index (κ3) is 3.82. The number of benzene rings is 1. The van der Waals surface area contributed by atoms with Crippen LogP contribution in [0.15, 0.2) is 24.3 Å². The summed E-state index contributed by atoms with van der Waals surface area (Å²) in [5.74, 6) is -0.699. The van der Waals surface area contributed by atoms with Crippen LogP contribution in [0.3, 0.4) is 0 Å². The summed E-state index contributed by atoms with van der Waals surface area (Å²) in [4.78, 5) is 11.2. The van der Waals surface area contributed by atoms with E-state index in [1.807, 2.05) is 18.2 Å². The first kappa shape index (κ1) is 17.3. The Balaban J connectivity index is 2.37. The number of carboxylic acid groups (broad SMARTS) is 1. The van der Waals surface area contributed by atoms with Gasteiger partial charge in [-0.05, 0) is 48.3 Å². The lowest BCUT2D eigenvalue weighted by molar-refractivity contribution is -0.146. The van der Waals surface area contributed by atoms with E-state index in [0.717, 1.165) is 18.4 Å². The summed E-state index contributed by atoms with van der Waals surface area (Å²) in [6.45, 7) is 6.61. The maximum absolute atomic E-state index is 11.2. The number of hydrogen-bond donors (Lipinski definition) is 2. The molecule has 22 heavy (non-hydrogen) atoms. The van der Waals surface area contributed by atoms with Gasteiger partial charge in [0, 0.05) is 10.9 Å². The SMILES string of the molecule is CC(C)(C)C1CCC(O)(CC(=O)O)C(c2cccc(Cl)c2)C1. The Morgan fingerprint density at radius 3 is 2.64 bits per heavy atom. The molecule has 1 saturated carbocycles. The smallest absolute Gasteiger partial charge is 0.306 e. The van der Waals surface area contributed by atoms with Gasteiger partial charge in [-0.1, -0.05) is 44.5 Å². The van der Waals surface area contributed by atoms with Crippen molar-refractivity contribution in [1.82, 2.24) is 0 Å². The molecule has 0 amide bonds. The van der Waals surface area contributed by atoms with Gasteiger partial charge in [-0.15, -0.1) is 0 Å². The second-order valence-corrected chi connectivity index (χ2v) is 8.06. The molecule has 2 rings (SSSR count). The highest BCUT2D eigenvalue weighted by atomic mass is 35.5. The Hall–Kier alpha value is -1.06. The van der Waals surface area contributed by atoms with Crippen molar-refractivity contribution in [3.8, 4) is 0 Å². The lowest BCUT2D eigenvalue weighted by Crippen LogP contribution is -2.45. The van der Waals surface area contributed by atoms with Crippen molar-refractivity contribution in [2.45, 2.75) is 58.0 Å². The first-order valence-electron chi connectivity index (χ1n) is 7.81. The van der Waals surface area contributed by atoms with Crippen LogP contribution < -0.4 is 0 Å². The van der Waals surface area contributed by atoms with E-state index in [4.69, 9.17) is 11.6 Å². The fourth-order valence-corrected chi connectivity index (χ4v) is 3.85. The molecule has 0 radical (unpaired) electrons. The van der Waals surface area contributed by atoms with Crippen LogP contribution in [0.5, 0.6) is 0 Å². The minimum absolute atomic E-state index is 0.140. The van der Waals surface area contributed by atoms with Gasteiger partial charge in [0.25, 0.3) is 0 Å². The standard InChI is InChI=1S/C18H25ClO3/c1-17(2,3)13-7-8-18(22,11-16(20)21)15(10-13)12-5-4-6-14(19)9-12/h4-6,9,13,15,22H,7-8,10-11H2,1-3H3,(H,20,21).